The molecule has 2 aromatic carbocycles. The van der Waals surface area contributed by atoms with Crippen LogP contribution in [0.5, 0.6) is 11.5 Å². The van der Waals surface area contributed by atoms with E-state index in [1.807, 2.05) is 24.3 Å². The molecule has 0 spiro atoms. The molecule has 0 atom stereocenters. The fourth-order valence-electron chi connectivity index (χ4n) is 3.18. The molecule has 4 rings (SSSR count). The van der Waals surface area contributed by atoms with Gasteiger partial charge in [0.05, 0.1) is 0 Å². The maximum Gasteiger partial charge on any atom is 0.277 e. The second kappa shape index (κ2) is 10.7. The van der Waals surface area contributed by atoms with Gasteiger partial charge in [0, 0.05) is 47.7 Å². The van der Waals surface area contributed by atoms with Crippen molar-refractivity contribution >= 4 is 17.5 Å². The smallest absolute Gasteiger partial charge is 0.277 e. The van der Waals surface area contributed by atoms with Crippen LogP contribution in [0.25, 0.3) is 0 Å². The van der Waals surface area contributed by atoms with Crippen LogP contribution in [-0.4, -0.2) is 26.5 Å². The van der Waals surface area contributed by atoms with E-state index >= 15 is 0 Å². The molecule has 7 nitrogen and oxygen atoms in total. The molecule has 0 radical (unpaired) electrons. The molecule has 0 aliphatic carbocycles. The summed E-state index contributed by atoms with van der Waals surface area (Å²) in [4.78, 5) is 27.3. The number of aromatic amines is 1. The predicted octanol–water partition coefficient (Wildman–Crippen LogP) is 4.72. The first-order valence-corrected chi connectivity index (χ1v) is 10.7. The van der Waals surface area contributed by atoms with Crippen LogP contribution in [0.2, 0.25) is 5.02 Å². The first-order chi connectivity index (χ1) is 16.1. The SMILES string of the molecule is O=c1nc(NCCc2ccc(Oc3ccc(Cl)c(CF)c3)cc2)[nH]cc1Cc1cncnc1. The summed E-state index contributed by atoms with van der Waals surface area (Å²) in [5, 5.41) is 3.51. The molecule has 168 valence electrons. The molecule has 9 heteroatoms. The lowest BCUT2D eigenvalue weighted by molar-refractivity contribution is 0.468. The molecule has 0 bridgehead atoms. The van der Waals surface area contributed by atoms with Crippen LogP contribution in [0.4, 0.5) is 10.3 Å². The molecule has 0 saturated carbocycles. The minimum Gasteiger partial charge on any atom is -0.457 e. The highest BCUT2D eigenvalue weighted by molar-refractivity contribution is 6.31. The molecule has 0 fully saturated rings. The maximum atomic E-state index is 13.0. The Bertz CT molecular complexity index is 1270. The van der Waals surface area contributed by atoms with Gasteiger partial charge in [-0.2, -0.15) is 4.98 Å². The highest BCUT2D eigenvalue weighted by atomic mass is 35.5. The van der Waals surface area contributed by atoms with Crippen molar-refractivity contribution in [3.63, 3.8) is 0 Å². The summed E-state index contributed by atoms with van der Waals surface area (Å²) in [6, 6.07) is 12.5. The molecule has 0 unspecified atom stereocenters. The van der Waals surface area contributed by atoms with Gasteiger partial charge in [-0.05, 0) is 47.9 Å². The summed E-state index contributed by atoms with van der Waals surface area (Å²) in [6.07, 6.45) is 7.59. The molecule has 2 heterocycles. The number of ether oxygens (including phenoxy) is 1. The lowest BCUT2D eigenvalue weighted by atomic mass is 10.1. The summed E-state index contributed by atoms with van der Waals surface area (Å²) in [5.74, 6) is 1.59. The molecule has 0 aliphatic rings. The average Bonchev–Trinajstić information content (AvgIpc) is 2.84. The zero-order valence-electron chi connectivity index (χ0n) is 17.6. The highest BCUT2D eigenvalue weighted by Gasteiger charge is 2.06. The van der Waals surface area contributed by atoms with E-state index < -0.39 is 6.67 Å². The van der Waals surface area contributed by atoms with Crippen LogP contribution in [0.1, 0.15) is 22.3 Å². The van der Waals surface area contributed by atoms with Crippen LogP contribution in [0, 0.1) is 0 Å². The van der Waals surface area contributed by atoms with Crippen LogP contribution >= 0.6 is 11.6 Å². The van der Waals surface area contributed by atoms with Crippen molar-refractivity contribution in [2.24, 2.45) is 0 Å². The highest BCUT2D eigenvalue weighted by Crippen LogP contribution is 2.27. The third-order valence-electron chi connectivity index (χ3n) is 4.91. The fourth-order valence-corrected chi connectivity index (χ4v) is 3.35. The van der Waals surface area contributed by atoms with E-state index in [2.05, 4.69) is 25.3 Å². The Balaban J connectivity index is 1.29. The van der Waals surface area contributed by atoms with Gasteiger partial charge < -0.3 is 15.0 Å². The molecule has 33 heavy (non-hydrogen) atoms. The van der Waals surface area contributed by atoms with E-state index in [1.54, 1.807) is 36.8 Å². The zero-order valence-corrected chi connectivity index (χ0v) is 18.3. The predicted molar refractivity (Wildman–Crippen MR) is 125 cm³/mol. The number of benzene rings is 2. The fraction of sp³-hybridized carbons (Fsp3) is 0.167. The van der Waals surface area contributed by atoms with Gasteiger partial charge in [0.2, 0.25) is 5.95 Å². The van der Waals surface area contributed by atoms with Gasteiger partial charge in [-0.3, -0.25) is 4.79 Å². The summed E-state index contributed by atoms with van der Waals surface area (Å²) >= 11 is 5.93. The van der Waals surface area contributed by atoms with E-state index in [0.717, 1.165) is 17.5 Å². The van der Waals surface area contributed by atoms with Gasteiger partial charge in [0.1, 0.15) is 24.5 Å². The number of alkyl halides is 1. The Morgan fingerprint density at radius 3 is 2.48 bits per heavy atom. The van der Waals surface area contributed by atoms with Gasteiger partial charge >= 0.3 is 0 Å². The number of hydrogen-bond acceptors (Lipinski definition) is 6. The van der Waals surface area contributed by atoms with Crippen molar-refractivity contribution in [2.75, 3.05) is 11.9 Å². The van der Waals surface area contributed by atoms with Crippen molar-refractivity contribution in [3.8, 4) is 11.5 Å². The second-order valence-corrected chi connectivity index (χ2v) is 7.72. The van der Waals surface area contributed by atoms with Crippen LogP contribution in [-0.2, 0) is 19.5 Å². The van der Waals surface area contributed by atoms with Crippen molar-refractivity contribution in [1.29, 1.82) is 0 Å². The maximum absolute atomic E-state index is 13.0. The van der Waals surface area contributed by atoms with Gasteiger partial charge in [0.25, 0.3) is 5.56 Å². The monoisotopic (exact) mass is 465 g/mol. The molecule has 2 N–H and O–H groups in total. The first-order valence-electron chi connectivity index (χ1n) is 10.3. The average molecular weight is 466 g/mol. The zero-order chi connectivity index (χ0) is 23.0. The van der Waals surface area contributed by atoms with Gasteiger partial charge in [-0.25, -0.2) is 14.4 Å². The second-order valence-electron chi connectivity index (χ2n) is 7.31. The Hall–Kier alpha value is -3.78. The largest absolute Gasteiger partial charge is 0.457 e. The Kier molecular flexibility index (Phi) is 7.26. The normalized spacial score (nSPS) is 10.7. The number of H-pyrrole nitrogens is 1. The standard InChI is InChI=1S/C24H21ClFN5O2/c25-22-6-5-21(10-18(22)11-26)33-20-3-1-16(2-4-20)7-8-29-24-30-14-19(23(32)31-24)9-17-12-27-15-28-13-17/h1-6,10,12-15H,7-9,11H2,(H2,29,30,31,32). The van der Waals surface area contributed by atoms with Gasteiger partial charge in [-0.1, -0.05) is 23.7 Å². The number of rotatable bonds is 9. The number of nitrogens with one attached hydrogen (secondary N) is 2. The van der Waals surface area contributed by atoms with E-state index in [-0.39, 0.29) is 5.56 Å². The van der Waals surface area contributed by atoms with E-state index in [0.29, 0.717) is 46.6 Å². The molecular formula is C24H21ClFN5O2. The minimum absolute atomic E-state index is 0.292. The van der Waals surface area contributed by atoms with Crippen molar-refractivity contribution in [2.45, 2.75) is 19.5 Å². The number of anilines is 1. The summed E-state index contributed by atoms with van der Waals surface area (Å²) in [6.45, 7) is -0.0567. The summed E-state index contributed by atoms with van der Waals surface area (Å²) in [5.41, 5.74) is 2.57. The lowest BCUT2D eigenvalue weighted by Crippen LogP contribution is -2.18. The lowest BCUT2D eigenvalue weighted by Gasteiger charge is -2.09. The molecule has 0 aliphatic heterocycles. The van der Waals surface area contributed by atoms with E-state index in [1.165, 1.54) is 6.33 Å². The van der Waals surface area contributed by atoms with Crippen LogP contribution in [0.15, 0.2) is 72.2 Å². The van der Waals surface area contributed by atoms with Crippen molar-refractivity contribution in [1.82, 2.24) is 19.9 Å². The van der Waals surface area contributed by atoms with Crippen LogP contribution in [0.3, 0.4) is 0 Å². The third kappa shape index (κ3) is 6.14. The number of halogens is 2. The molecule has 0 amide bonds. The van der Waals surface area contributed by atoms with Crippen molar-refractivity contribution in [3.05, 3.63) is 105 Å². The van der Waals surface area contributed by atoms with E-state index in [4.69, 9.17) is 16.3 Å². The molecule has 2 aromatic heterocycles. The Morgan fingerprint density at radius 1 is 1.00 bits per heavy atom. The quantitative estimate of drug-likeness (QED) is 0.371. The van der Waals surface area contributed by atoms with Crippen LogP contribution < -0.4 is 15.6 Å². The number of hydrogen-bond donors (Lipinski definition) is 2. The topological polar surface area (TPSA) is 92.8 Å². The van der Waals surface area contributed by atoms with Crippen molar-refractivity contribution < 1.29 is 9.13 Å². The Labute approximate surface area is 194 Å². The third-order valence-corrected chi connectivity index (χ3v) is 5.27. The first kappa shape index (κ1) is 22.4. The summed E-state index contributed by atoms with van der Waals surface area (Å²) in [7, 11) is 0. The Morgan fingerprint density at radius 2 is 1.76 bits per heavy atom. The van der Waals surface area contributed by atoms with Gasteiger partial charge in [0.15, 0.2) is 0 Å². The molecular weight excluding hydrogens is 445 g/mol. The molecule has 0 saturated heterocycles. The number of nitrogens with zero attached hydrogens (tertiary/aromatic N) is 3. The molecule has 4 aromatic rings. The summed E-state index contributed by atoms with van der Waals surface area (Å²) < 4.78 is 18.7. The van der Waals surface area contributed by atoms with E-state index in [9.17, 15) is 9.18 Å². The minimum atomic E-state index is -0.646. The van der Waals surface area contributed by atoms with Gasteiger partial charge in [-0.15, -0.1) is 0 Å². The number of aromatic nitrogens is 4.